The van der Waals surface area contributed by atoms with E-state index in [9.17, 15) is 0 Å². The molecule has 1 heterocycles. The van der Waals surface area contributed by atoms with Crippen LogP contribution in [-0.4, -0.2) is 9.97 Å². The van der Waals surface area contributed by atoms with Crippen molar-refractivity contribution in [3.8, 4) is 0 Å². The van der Waals surface area contributed by atoms with Crippen LogP contribution in [0, 0.1) is 6.07 Å². The van der Waals surface area contributed by atoms with Crippen molar-refractivity contribution < 1.29 is 0 Å². The standard InChI is InChI=1S/C12H13N2/c1-2-5-11(6-3-1)7-4-8-12-13-9-10-14-12/h1-3,5,9-10H,4,7-8H2,(H,13,14). The Bertz CT molecular complexity index is 351. The van der Waals surface area contributed by atoms with E-state index < -0.39 is 0 Å². The minimum absolute atomic E-state index is 1.01. The highest BCUT2D eigenvalue weighted by Crippen LogP contribution is 2.04. The van der Waals surface area contributed by atoms with Crippen LogP contribution in [-0.2, 0) is 12.8 Å². The molecular formula is C12H13N2. The van der Waals surface area contributed by atoms with Crippen LogP contribution in [0.1, 0.15) is 17.8 Å². The molecule has 1 radical (unpaired) electrons. The summed E-state index contributed by atoms with van der Waals surface area (Å²) in [4.78, 5) is 7.28. The molecule has 0 saturated carbocycles. The second-order valence-corrected chi connectivity index (χ2v) is 3.28. The van der Waals surface area contributed by atoms with Gasteiger partial charge in [0.25, 0.3) is 0 Å². The Morgan fingerprint density at radius 2 is 2.29 bits per heavy atom. The molecule has 71 valence electrons. The lowest BCUT2D eigenvalue weighted by molar-refractivity contribution is 0.782. The lowest BCUT2D eigenvalue weighted by Crippen LogP contribution is -1.91. The summed E-state index contributed by atoms with van der Waals surface area (Å²) in [7, 11) is 0. The molecule has 1 N–H and O–H groups in total. The highest BCUT2D eigenvalue weighted by atomic mass is 14.9. The fraction of sp³-hybridized carbons (Fsp3) is 0.250. The van der Waals surface area contributed by atoms with Gasteiger partial charge in [-0.3, -0.25) is 0 Å². The van der Waals surface area contributed by atoms with E-state index in [-0.39, 0.29) is 0 Å². The monoisotopic (exact) mass is 185 g/mol. The number of benzene rings is 1. The van der Waals surface area contributed by atoms with Crippen molar-refractivity contribution in [1.82, 2.24) is 9.97 Å². The molecular weight excluding hydrogens is 172 g/mol. The Kier molecular flexibility index (Phi) is 2.96. The summed E-state index contributed by atoms with van der Waals surface area (Å²) in [5.74, 6) is 1.07. The first kappa shape index (κ1) is 9.00. The summed E-state index contributed by atoms with van der Waals surface area (Å²) in [5.41, 5.74) is 1.28. The number of H-pyrrole nitrogens is 1. The lowest BCUT2D eigenvalue weighted by Gasteiger charge is -1.98. The first-order chi connectivity index (χ1) is 6.95. The van der Waals surface area contributed by atoms with Crippen molar-refractivity contribution in [2.45, 2.75) is 19.3 Å². The summed E-state index contributed by atoms with van der Waals surface area (Å²) in [5, 5.41) is 0. The highest BCUT2D eigenvalue weighted by Gasteiger charge is 1.95. The summed E-state index contributed by atoms with van der Waals surface area (Å²) in [6.45, 7) is 0. The predicted molar refractivity (Wildman–Crippen MR) is 55.9 cm³/mol. The van der Waals surface area contributed by atoms with Crippen LogP contribution in [0.3, 0.4) is 0 Å². The Morgan fingerprint density at radius 3 is 3.00 bits per heavy atom. The maximum Gasteiger partial charge on any atom is 0.106 e. The number of aromatic amines is 1. The molecule has 1 aromatic heterocycles. The minimum Gasteiger partial charge on any atom is -0.349 e. The second-order valence-electron chi connectivity index (χ2n) is 3.28. The smallest absolute Gasteiger partial charge is 0.106 e. The van der Waals surface area contributed by atoms with Crippen LogP contribution in [0.4, 0.5) is 0 Å². The zero-order valence-electron chi connectivity index (χ0n) is 8.03. The van der Waals surface area contributed by atoms with Crippen molar-refractivity contribution in [2.24, 2.45) is 0 Å². The van der Waals surface area contributed by atoms with Crippen molar-refractivity contribution in [3.05, 3.63) is 54.1 Å². The molecule has 1 aromatic carbocycles. The number of aryl methyl sites for hydroxylation is 2. The number of nitrogens with zero attached hydrogens (tertiary/aromatic N) is 1. The largest absolute Gasteiger partial charge is 0.349 e. The van der Waals surface area contributed by atoms with Gasteiger partial charge in [-0.2, -0.15) is 0 Å². The van der Waals surface area contributed by atoms with Crippen LogP contribution in [0.5, 0.6) is 0 Å². The van der Waals surface area contributed by atoms with Crippen LogP contribution in [0.15, 0.2) is 36.7 Å². The van der Waals surface area contributed by atoms with E-state index >= 15 is 0 Å². The molecule has 2 nitrogen and oxygen atoms in total. The number of aromatic nitrogens is 2. The van der Waals surface area contributed by atoms with Gasteiger partial charge in [0.1, 0.15) is 5.82 Å². The van der Waals surface area contributed by atoms with E-state index in [0.29, 0.717) is 0 Å². The van der Waals surface area contributed by atoms with Crippen molar-refractivity contribution in [1.29, 1.82) is 0 Å². The van der Waals surface area contributed by atoms with E-state index in [0.717, 1.165) is 25.1 Å². The number of imidazole rings is 1. The van der Waals surface area contributed by atoms with Gasteiger partial charge in [-0.05, 0) is 24.5 Å². The molecule has 14 heavy (non-hydrogen) atoms. The first-order valence-corrected chi connectivity index (χ1v) is 4.89. The Balaban J connectivity index is 1.79. The van der Waals surface area contributed by atoms with Crippen LogP contribution >= 0.6 is 0 Å². The molecule has 0 fully saturated rings. The van der Waals surface area contributed by atoms with E-state index in [4.69, 9.17) is 0 Å². The third-order valence-corrected chi connectivity index (χ3v) is 2.19. The first-order valence-electron chi connectivity index (χ1n) is 4.89. The zero-order chi connectivity index (χ0) is 9.64. The molecule has 0 aliphatic carbocycles. The highest BCUT2D eigenvalue weighted by molar-refractivity contribution is 5.13. The van der Waals surface area contributed by atoms with Gasteiger partial charge in [0.2, 0.25) is 0 Å². The van der Waals surface area contributed by atoms with E-state index in [1.807, 2.05) is 18.3 Å². The van der Waals surface area contributed by atoms with Gasteiger partial charge < -0.3 is 4.98 Å². The van der Waals surface area contributed by atoms with Crippen LogP contribution in [0.25, 0.3) is 0 Å². The molecule has 2 rings (SSSR count). The quantitative estimate of drug-likeness (QED) is 0.778. The summed E-state index contributed by atoms with van der Waals surface area (Å²) in [6.07, 6.45) is 6.86. The van der Waals surface area contributed by atoms with E-state index in [2.05, 4.69) is 28.2 Å². The topological polar surface area (TPSA) is 28.7 Å². The van der Waals surface area contributed by atoms with Crippen LogP contribution in [0.2, 0.25) is 0 Å². The van der Waals surface area contributed by atoms with Gasteiger partial charge in [-0.15, -0.1) is 0 Å². The van der Waals surface area contributed by atoms with Crippen molar-refractivity contribution >= 4 is 0 Å². The average molecular weight is 185 g/mol. The third-order valence-electron chi connectivity index (χ3n) is 2.19. The molecule has 0 atom stereocenters. The summed E-state index contributed by atoms with van der Waals surface area (Å²) >= 11 is 0. The summed E-state index contributed by atoms with van der Waals surface area (Å²) < 4.78 is 0. The Morgan fingerprint density at radius 1 is 1.29 bits per heavy atom. The molecule has 0 unspecified atom stereocenters. The normalized spacial score (nSPS) is 10.3. The predicted octanol–water partition coefficient (Wildman–Crippen LogP) is 2.39. The lowest BCUT2D eigenvalue weighted by atomic mass is 10.1. The molecule has 0 aliphatic rings. The zero-order valence-corrected chi connectivity index (χ0v) is 8.03. The van der Waals surface area contributed by atoms with E-state index in [1.54, 1.807) is 6.20 Å². The fourth-order valence-electron chi connectivity index (χ4n) is 1.47. The SMILES string of the molecule is [c]1ccccc1CCCc1ncc[nH]1. The number of hydrogen-bond acceptors (Lipinski definition) is 1. The molecule has 0 saturated heterocycles. The number of rotatable bonds is 4. The van der Waals surface area contributed by atoms with Crippen LogP contribution < -0.4 is 0 Å². The molecule has 0 spiro atoms. The Hall–Kier alpha value is -1.57. The van der Waals surface area contributed by atoms with Crippen molar-refractivity contribution in [3.63, 3.8) is 0 Å². The average Bonchev–Trinajstić information content (AvgIpc) is 2.72. The van der Waals surface area contributed by atoms with E-state index in [1.165, 1.54) is 5.56 Å². The van der Waals surface area contributed by atoms with Gasteiger partial charge in [-0.25, -0.2) is 4.98 Å². The van der Waals surface area contributed by atoms with Gasteiger partial charge >= 0.3 is 0 Å². The number of nitrogens with one attached hydrogen (secondary N) is 1. The van der Waals surface area contributed by atoms with Gasteiger partial charge in [-0.1, -0.05) is 24.3 Å². The fourth-order valence-corrected chi connectivity index (χ4v) is 1.47. The Labute approximate surface area is 84.0 Å². The molecule has 2 heteroatoms. The minimum atomic E-state index is 1.01. The van der Waals surface area contributed by atoms with Gasteiger partial charge in [0.05, 0.1) is 0 Å². The van der Waals surface area contributed by atoms with Gasteiger partial charge in [0, 0.05) is 18.8 Å². The molecule has 2 aromatic rings. The second kappa shape index (κ2) is 4.61. The maximum atomic E-state index is 4.18. The number of hydrogen-bond donors (Lipinski definition) is 1. The maximum absolute atomic E-state index is 4.18. The van der Waals surface area contributed by atoms with Gasteiger partial charge in [0.15, 0.2) is 0 Å². The summed E-state index contributed by atoms with van der Waals surface area (Å²) in [6, 6.07) is 11.3. The molecule has 0 aliphatic heterocycles. The van der Waals surface area contributed by atoms with Crippen molar-refractivity contribution in [2.75, 3.05) is 0 Å². The molecule has 0 amide bonds. The third kappa shape index (κ3) is 2.46. The molecule has 0 bridgehead atoms.